The predicted octanol–water partition coefficient (Wildman–Crippen LogP) is 28.5. The molecule has 0 aliphatic carbocycles. The van der Waals surface area contributed by atoms with Crippen molar-refractivity contribution >= 4 is 0 Å². The molecule has 0 aliphatic rings. The summed E-state index contributed by atoms with van der Waals surface area (Å²) in [5.74, 6) is 3.43. The molecular formula is C98H111F3. The monoisotopic (exact) mass is 1340 g/mol. The van der Waals surface area contributed by atoms with Crippen LogP contribution in [0.5, 0.6) is 0 Å². The minimum Gasteiger partial charge on any atom is -0.166 e. The smallest absolute Gasteiger partial charge is 0.166 e. The Morgan fingerprint density at radius 2 is 0.604 bits per heavy atom. The second-order valence-electron chi connectivity index (χ2n) is 28.0. The summed E-state index contributed by atoms with van der Waals surface area (Å²) in [6.07, 6.45) is 1.21. The van der Waals surface area contributed by atoms with Gasteiger partial charge >= 0.3 is 6.18 Å². The number of hydrogen-bond donors (Lipinski definition) is 0. The van der Waals surface area contributed by atoms with Crippen LogP contribution >= 0.6 is 0 Å². The van der Waals surface area contributed by atoms with Gasteiger partial charge in [0.25, 0.3) is 0 Å². The maximum absolute atomic E-state index is 12.0. The van der Waals surface area contributed by atoms with Gasteiger partial charge in [-0.2, -0.15) is 13.2 Å². The molecule has 101 heavy (non-hydrogen) atoms. The van der Waals surface area contributed by atoms with Gasteiger partial charge in [0.2, 0.25) is 0 Å². The van der Waals surface area contributed by atoms with Crippen LogP contribution in [0.3, 0.4) is 0 Å². The molecule has 0 N–H and O–H groups in total. The van der Waals surface area contributed by atoms with Crippen molar-refractivity contribution in [3.8, 4) is 45.7 Å². The highest BCUT2D eigenvalue weighted by Gasteiger charge is 2.30. The molecule has 0 spiro atoms. The number of rotatable bonds is 5. The van der Waals surface area contributed by atoms with Gasteiger partial charge in [-0.05, 0) is 199 Å². The van der Waals surface area contributed by atoms with Gasteiger partial charge in [-0.25, -0.2) is 0 Å². The van der Waals surface area contributed by atoms with Crippen molar-refractivity contribution in [3.05, 3.63) is 392 Å². The summed E-state index contributed by atoms with van der Waals surface area (Å²) < 4.78 is 35.9. The fourth-order valence-electron chi connectivity index (χ4n) is 10.0. The Labute approximate surface area is 608 Å². The highest BCUT2D eigenvalue weighted by Crippen LogP contribution is 2.30. The van der Waals surface area contributed by atoms with E-state index in [0.717, 1.165) is 12.1 Å². The number of aryl methyl sites for hydroxylation is 13. The van der Waals surface area contributed by atoms with Gasteiger partial charge in [0, 0.05) is 0 Å². The van der Waals surface area contributed by atoms with Crippen LogP contribution in [-0.4, -0.2) is 0 Å². The van der Waals surface area contributed by atoms with Crippen LogP contribution < -0.4 is 0 Å². The van der Waals surface area contributed by atoms with Gasteiger partial charge in [-0.3, -0.25) is 0 Å². The average molecular weight is 1350 g/mol. The molecule has 12 rings (SSSR count). The molecule has 12 aromatic rings. The molecule has 0 nitrogen and oxygen atoms in total. The summed E-state index contributed by atoms with van der Waals surface area (Å²) in [5.41, 5.74) is 28.1. The maximum atomic E-state index is 12.0. The fraction of sp³-hybridized carbons (Fsp3) is 0.245. The van der Waals surface area contributed by atoms with Crippen molar-refractivity contribution in [3.63, 3.8) is 0 Å². The summed E-state index contributed by atoms with van der Waals surface area (Å²) in [6, 6.07) is 101. The third-order valence-electron chi connectivity index (χ3n) is 17.0. The summed E-state index contributed by atoms with van der Waals surface area (Å²) in [7, 11) is 0. The lowest BCUT2D eigenvalue weighted by molar-refractivity contribution is -0.137. The Morgan fingerprint density at radius 3 is 0.970 bits per heavy atom. The molecule has 0 aromatic heterocycles. The van der Waals surface area contributed by atoms with Gasteiger partial charge in [0.1, 0.15) is 0 Å². The highest BCUT2D eigenvalue weighted by molar-refractivity contribution is 5.67. The van der Waals surface area contributed by atoms with Crippen molar-refractivity contribution in [1.82, 2.24) is 0 Å². The number of alkyl halides is 3. The van der Waals surface area contributed by atoms with Crippen LogP contribution in [0.4, 0.5) is 13.2 Å². The van der Waals surface area contributed by atoms with E-state index in [-0.39, 0.29) is 10.8 Å². The molecular weight excluding hydrogens is 1230 g/mol. The van der Waals surface area contributed by atoms with Crippen molar-refractivity contribution in [1.29, 1.82) is 0 Å². The third kappa shape index (κ3) is 31.8. The van der Waals surface area contributed by atoms with E-state index < -0.39 is 11.7 Å². The van der Waals surface area contributed by atoms with Gasteiger partial charge in [-0.15, -0.1) is 6.42 Å². The van der Waals surface area contributed by atoms with Crippen molar-refractivity contribution in [2.75, 3.05) is 0 Å². The van der Waals surface area contributed by atoms with E-state index in [0.29, 0.717) is 11.5 Å². The van der Waals surface area contributed by atoms with Crippen LogP contribution in [0, 0.1) is 102 Å². The van der Waals surface area contributed by atoms with Gasteiger partial charge in [0.15, 0.2) is 0 Å². The third-order valence-corrected chi connectivity index (χ3v) is 17.0. The van der Waals surface area contributed by atoms with Crippen LogP contribution in [0.1, 0.15) is 149 Å². The molecule has 0 fully saturated rings. The molecule has 0 saturated heterocycles. The molecule has 0 atom stereocenters. The maximum Gasteiger partial charge on any atom is 0.416 e. The van der Waals surface area contributed by atoms with Gasteiger partial charge < -0.3 is 0 Å². The minimum absolute atomic E-state index is 0.145. The normalized spacial score (nSPS) is 10.4. The largest absolute Gasteiger partial charge is 0.416 e. The number of hydrogen-bond acceptors (Lipinski definition) is 0. The molecule has 0 heterocycles. The van der Waals surface area contributed by atoms with E-state index in [1.807, 2.05) is 18.2 Å². The summed E-state index contributed by atoms with van der Waals surface area (Å²) >= 11 is 0. The molecule has 3 heteroatoms. The summed E-state index contributed by atoms with van der Waals surface area (Å²) in [4.78, 5) is 0. The fourth-order valence-corrected chi connectivity index (χ4v) is 10.0. The molecule has 0 unspecified atom stereocenters. The van der Waals surface area contributed by atoms with Crippen molar-refractivity contribution < 1.29 is 13.2 Å². The van der Waals surface area contributed by atoms with E-state index in [1.54, 1.807) is 13.0 Å². The summed E-state index contributed by atoms with van der Waals surface area (Å²) in [6.45, 7) is 42.3. The van der Waals surface area contributed by atoms with Crippen molar-refractivity contribution in [2.45, 2.75) is 161 Å². The summed E-state index contributed by atoms with van der Waals surface area (Å²) in [5, 5.41) is 0. The molecule has 12 aromatic carbocycles. The molecule has 0 bridgehead atoms. The Balaban J connectivity index is 0.000000242. The van der Waals surface area contributed by atoms with Gasteiger partial charge in [-0.1, -0.05) is 376 Å². The van der Waals surface area contributed by atoms with E-state index in [9.17, 15) is 13.2 Å². The number of benzene rings is 12. The quantitative estimate of drug-likeness (QED) is 0.151. The first-order chi connectivity index (χ1) is 47.8. The SMILES string of the molecule is C#CC(C)(C)c1ccc(C)cc1.Cc1ccc(-c2ccccc2)cc1.Cc1ccc(C(C)(C)C)cc1.Cc1ccc(C(C)C)cc1.Cc1ccc(C)c(C)c1.Cc1ccc(C)c(C)c1.Cc1cccc(-c2ccccc2)c1.Cc1cccc(C(F)(F)F)c1.Cc1ccccc1-c1ccccc1. The first-order valence-corrected chi connectivity index (χ1v) is 35.0. The second-order valence-corrected chi connectivity index (χ2v) is 28.0. The standard InChI is InChI=1S/3C13H12.C12H14.C11H16.C10H14.2C9H12.C8H7F3/c1-11-7-5-6-10-13(11)12-8-3-2-4-9-12;1-11-6-5-9-13(10-11)12-7-3-2-4-8-12;1-11-7-9-13(10-8-11)12-5-3-2-4-6-12;1-5-12(3,4)11-8-6-10(2)7-9-11;1-9-5-7-10(8-6-9)11(2,3)4;1-8(2)10-6-4-9(3)5-7-10;2*1-7-4-5-8(2)9(3)6-7;1-6-3-2-4-7(5-6)8(9,10)11/h3*2-10H,1H3;1,6-9H,2-4H3;5-8H,1-4H3;4-8H,1-3H3;2*4-6H,1-3H3;2-5H,1H3. The molecule has 0 saturated carbocycles. The average Bonchev–Trinajstić information content (AvgIpc) is 0.944. The minimum atomic E-state index is -4.22. The first kappa shape index (κ1) is 83.4. The zero-order valence-corrected chi connectivity index (χ0v) is 64.1. The number of halogens is 3. The van der Waals surface area contributed by atoms with Crippen molar-refractivity contribution in [2.24, 2.45) is 0 Å². The Hall–Kier alpha value is -10.0. The second kappa shape index (κ2) is 42.2. The van der Waals surface area contributed by atoms with E-state index >= 15 is 0 Å². The van der Waals surface area contributed by atoms with Crippen LogP contribution in [0.2, 0.25) is 0 Å². The lowest BCUT2D eigenvalue weighted by Gasteiger charge is -2.18. The van der Waals surface area contributed by atoms with E-state index in [1.165, 1.54) is 123 Å². The topological polar surface area (TPSA) is 0 Å². The van der Waals surface area contributed by atoms with Gasteiger partial charge in [0.05, 0.1) is 11.0 Å². The molecule has 524 valence electrons. The van der Waals surface area contributed by atoms with Crippen LogP contribution in [0.25, 0.3) is 33.4 Å². The molecule has 0 amide bonds. The number of terminal acetylenes is 1. The van der Waals surface area contributed by atoms with Crippen LogP contribution in [0.15, 0.2) is 297 Å². The van der Waals surface area contributed by atoms with Crippen LogP contribution in [-0.2, 0) is 17.0 Å². The Kier molecular flexibility index (Phi) is 34.8. The first-order valence-electron chi connectivity index (χ1n) is 35.0. The predicted molar refractivity (Wildman–Crippen MR) is 436 cm³/mol. The van der Waals surface area contributed by atoms with E-state index in [4.69, 9.17) is 6.42 Å². The zero-order valence-electron chi connectivity index (χ0n) is 64.1. The Morgan fingerprint density at radius 1 is 0.267 bits per heavy atom. The van der Waals surface area contributed by atoms with E-state index in [2.05, 4.69) is 392 Å². The Bertz CT molecular complexity index is 4280. The highest BCUT2D eigenvalue weighted by atomic mass is 19.4. The lowest BCUT2D eigenvalue weighted by atomic mass is 9.85. The molecule has 0 aliphatic heterocycles. The zero-order chi connectivity index (χ0) is 74.7. The molecule has 0 radical (unpaired) electrons. The lowest BCUT2D eigenvalue weighted by Crippen LogP contribution is -2.13.